The topological polar surface area (TPSA) is 52.1 Å². The molecule has 0 bridgehead atoms. The normalized spacial score (nSPS) is 15.5. The van der Waals surface area contributed by atoms with E-state index in [0.29, 0.717) is 12.2 Å². The Balaban J connectivity index is 1.51. The van der Waals surface area contributed by atoms with Gasteiger partial charge in [-0.2, -0.15) is 0 Å². The van der Waals surface area contributed by atoms with E-state index in [4.69, 9.17) is 9.72 Å². The standard InChI is InChI=1S/C27H38N2O2/c1-3-5-7-8-9-10-11-21-13-18-25-23(19-21)20-28-27(29-25)22-14-16-24(17-15-22)31-26(30)12-6-4-2/h14-17,20-21H,3-13,18-19H2,1-2H3. The third kappa shape index (κ3) is 7.45. The van der Waals surface area contributed by atoms with Gasteiger partial charge in [0.05, 0.1) is 0 Å². The Hall–Kier alpha value is -2.23. The lowest BCUT2D eigenvalue weighted by atomic mass is 9.84. The molecule has 0 N–H and O–H groups in total. The molecule has 1 aromatic heterocycles. The molecular weight excluding hydrogens is 384 g/mol. The van der Waals surface area contributed by atoms with Crippen LogP contribution in [0.1, 0.15) is 95.7 Å². The monoisotopic (exact) mass is 422 g/mol. The van der Waals surface area contributed by atoms with Gasteiger partial charge in [-0.1, -0.05) is 65.2 Å². The van der Waals surface area contributed by atoms with Crippen LogP contribution < -0.4 is 4.74 Å². The van der Waals surface area contributed by atoms with Crippen molar-refractivity contribution in [3.05, 3.63) is 41.7 Å². The number of ether oxygens (including phenoxy) is 1. The van der Waals surface area contributed by atoms with Gasteiger partial charge in [-0.25, -0.2) is 9.97 Å². The quantitative estimate of drug-likeness (QED) is 0.208. The number of carbonyl (C=O) groups is 1. The molecule has 3 rings (SSSR count). The number of aromatic nitrogens is 2. The summed E-state index contributed by atoms with van der Waals surface area (Å²) in [7, 11) is 0. The Morgan fingerprint density at radius 2 is 1.74 bits per heavy atom. The second-order valence-electron chi connectivity index (χ2n) is 8.93. The van der Waals surface area contributed by atoms with Crippen LogP contribution in [0.25, 0.3) is 11.4 Å². The first-order valence-electron chi connectivity index (χ1n) is 12.4. The van der Waals surface area contributed by atoms with E-state index < -0.39 is 0 Å². The zero-order chi connectivity index (χ0) is 21.9. The summed E-state index contributed by atoms with van der Waals surface area (Å²) in [5, 5.41) is 0. The second-order valence-corrected chi connectivity index (χ2v) is 8.93. The van der Waals surface area contributed by atoms with Gasteiger partial charge >= 0.3 is 5.97 Å². The molecule has 1 aromatic carbocycles. The summed E-state index contributed by atoms with van der Waals surface area (Å²) in [4.78, 5) is 21.3. The van der Waals surface area contributed by atoms with Crippen LogP contribution >= 0.6 is 0 Å². The van der Waals surface area contributed by atoms with Gasteiger partial charge < -0.3 is 4.74 Å². The minimum absolute atomic E-state index is 0.171. The summed E-state index contributed by atoms with van der Waals surface area (Å²) in [6.45, 7) is 4.34. The van der Waals surface area contributed by atoms with Gasteiger partial charge in [-0.15, -0.1) is 0 Å². The predicted molar refractivity (Wildman–Crippen MR) is 126 cm³/mol. The lowest BCUT2D eigenvalue weighted by Crippen LogP contribution is -2.16. The van der Waals surface area contributed by atoms with Gasteiger partial charge in [0.25, 0.3) is 0 Å². The molecule has 168 valence electrons. The van der Waals surface area contributed by atoms with E-state index >= 15 is 0 Å². The zero-order valence-electron chi connectivity index (χ0n) is 19.4. The summed E-state index contributed by atoms with van der Waals surface area (Å²) in [6.07, 6.45) is 17.3. The molecule has 1 aliphatic rings. The minimum atomic E-state index is -0.171. The van der Waals surface area contributed by atoms with Gasteiger partial charge in [0.2, 0.25) is 0 Å². The van der Waals surface area contributed by atoms with Crippen LogP contribution in [0.3, 0.4) is 0 Å². The Labute approximate surface area is 187 Å². The maximum Gasteiger partial charge on any atom is 0.311 e. The Bertz CT molecular complexity index is 816. The highest BCUT2D eigenvalue weighted by Crippen LogP contribution is 2.29. The van der Waals surface area contributed by atoms with Crippen molar-refractivity contribution in [1.82, 2.24) is 9.97 Å². The number of carbonyl (C=O) groups excluding carboxylic acids is 1. The molecule has 0 spiro atoms. The molecule has 0 aliphatic heterocycles. The van der Waals surface area contributed by atoms with Gasteiger partial charge in [-0.05, 0) is 61.4 Å². The van der Waals surface area contributed by atoms with E-state index in [2.05, 4.69) is 18.8 Å². The van der Waals surface area contributed by atoms with Gasteiger partial charge in [0.15, 0.2) is 5.82 Å². The molecule has 1 heterocycles. The van der Waals surface area contributed by atoms with E-state index in [1.54, 1.807) is 0 Å². The summed E-state index contributed by atoms with van der Waals surface area (Å²) in [6, 6.07) is 7.54. The molecule has 0 saturated heterocycles. The number of esters is 1. The predicted octanol–water partition coefficient (Wildman–Crippen LogP) is 7.09. The average Bonchev–Trinajstić information content (AvgIpc) is 2.80. The van der Waals surface area contributed by atoms with Crippen molar-refractivity contribution < 1.29 is 9.53 Å². The van der Waals surface area contributed by atoms with E-state index in [1.807, 2.05) is 30.5 Å². The van der Waals surface area contributed by atoms with Crippen molar-refractivity contribution in [2.75, 3.05) is 0 Å². The number of nitrogens with zero attached hydrogens (tertiary/aromatic N) is 2. The first-order valence-corrected chi connectivity index (χ1v) is 12.4. The maximum absolute atomic E-state index is 11.8. The Kier molecular flexibility index (Phi) is 9.51. The number of rotatable bonds is 12. The Morgan fingerprint density at radius 3 is 2.52 bits per heavy atom. The van der Waals surface area contributed by atoms with E-state index in [1.165, 1.54) is 62.6 Å². The number of unbranched alkanes of at least 4 members (excludes halogenated alkanes) is 6. The van der Waals surface area contributed by atoms with Crippen LogP contribution in [-0.2, 0) is 17.6 Å². The molecule has 1 atom stereocenters. The molecule has 2 aromatic rings. The fourth-order valence-corrected chi connectivity index (χ4v) is 4.36. The first kappa shape index (κ1) is 23.4. The highest BCUT2D eigenvalue weighted by atomic mass is 16.5. The number of benzene rings is 1. The highest BCUT2D eigenvalue weighted by Gasteiger charge is 2.20. The summed E-state index contributed by atoms with van der Waals surface area (Å²) < 4.78 is 5.39. The van der Waals surface area contributed by atoms with Crippen LogP contribution in [0.4, 0.5) is 0 Å². The SMILES string of the molecule is CCCCCCCCC1CCc2nc(-c3ccc(OC(=O)CCCC)cc3)ncc2C1. The smallest absolute Gasteiger partial charge is 0.311 e. The van der Waals surface area contributed by atoms with Crippen molar-refractivity contribution >= 4 is 5.97 Å². The van der Waals surface area contributed by atoms with Crippen LogP contribution in [-0.4, -0.2) is 15.9 Å². The highest BCUT2D eigenvalue weighted by molar-refractivity contribution is 5.72. The number of fused-ring (bicyclic) bond motifs is 1. The van der Waals surface area contributed by atoms with Crippen LogP contribution in [0, 0.1) is 5.92 Å². The maximum atomic E-state index is 11.8. The number of hydrogen-bond donors (Lipinski definition) is 0. The van der Waals surface area contributed by atoms with Crippen molar-refractivity contribution in [1.29, 1.82) is 0 Å². The molecule has 0 amide bonds. The lowest BCUT2D eigenvalue weighted by molar-refractivity contribution is -0.134. The first-order chi connectivity index (χ1) is 15.2. The third-order valence-corrected chi connectivity index (χ3v) is 6.30. The number of aryl methyl sites for hydroxylation is 1. The molecule has 4 nitrogen and oxygen atoms in total. The molecular formula is C27H38N2O2. The largest absolute Gasteiger partial charge is 0.427 e. The zero-order valence-corrected chi connectivity index (χ0v) is 19.4. The molecule has 31 heavy (non-hydrogen) atoms. The summed E-state index contributed by atoms with van der Waals surface area (Å²) in [5.74, 6) is 1.96. The van der Waals surface area contributed by atoms with Crippen molar-refractivity contribution in [2.24, 2.45) is 5.92 Å². The molecule has 0 saturated carbocycles. The van der Waals surface area contributed by atoms with Gasteiger partial charge in [0, 0.05) is 23.9 Å². The fraction of sp³-hybridized carbons (Fsp3) is 0.593. The Morgan fingerprint density at radius 1 is 1.00 bits per heavy atom. The lowest BCUT2D eigenvalue weighted by Gasteiger charge is -2.24. The molecule has 1 unspecified atom stereocenters. The van der Waals surface area contributed by atoms with Gasteiger partial charge in [-0.3, -0.25) is 4.79 Å². The summed E-state index contributed by atoms with van der Waals surface area (Å²) in [5.41, 5.74) is 3.50. The van der Waals surface area contributed by atoms with Crippen molar-refractivity contribution in [3.8, 4) is 17.1 Å². The van der Waals surface area contributed by atoms with E-state index in [0.717, 1.165) is 43.0 Å². The van der Waals surface area contributed by atoms with Crippen LogP contribution in [0.5, 0.6) is 5.75 Å². The van der Waals surface area contributed by atoms with Gasteiger partial charge in [0.1, 0.15) is 5.75 Å². The van der Waals surface area contributed by atoms with Crippen molar-refractivity contribution in [2.45, 2.75) is 97.3 Å². The molecule has 4 heteroatoms. The fourth-order valence-electron chi connectivity index (χ4n) is 4.36. The van der Waals surface area contributed by atoms with Crippen molar-refractivity contribution in [3.63, 3.8) is 0 Å². The van der Waals surface area contributed by atoms with E-state index in [9.17, 15) is 4.79 Å². The third-order valence-electron chi connectivity index (χ3n) is 6.30. The van der Waals surface area contributed by atoms with E-state index in [-0.39, 0.29) is 5.97 Å². The minimum Gasteiger partial charge on any atom is -0.427 e. The number of hydrogen-bond acceptors (Lipinski definition) is 4. The average molecular weight is 423 g/mol. The molecule has 1 aliphatic carbocycles. The molecule has 0 radical (unpaired) electrons. The van der Waals surface area contributed by atoms with Crippen LogP contribution in [0.2, 0.25) is 0 Å². The molecule has 0 fully saturated rings. The van der Waals surface area contributed by atoms with Crippen LogP contribution in [0.15, 0.2) is 30.5 Å². The summed E-state index contributed by atoms with van der Waals surface area (Å²) >= 11 is 0. The second kappa shape index (κ2) is 12.6.